The summed E-state index contributed by atoms with van der Waals surface area (Å²) in [5, 5.41) is 0. The van der Waals surface area contributed by atoms with E-state index in [0.717, 1.165) is 17.8 Å². The van der Waals surface area contributed by atoms with Gasteiger partial charge < -0.3 is 5.73 Å². The fraction of sp³-hybridized carbons (Fsp3) is 0.500. The smallest absolute Gasteiger partial charge is 0.0630 e. The Bertz CT molecular complexity index is 267. The minimum absolute atomic E-state index is 0.505. The molecular weight excluding hydrogens is 148 g/mol. The molecule has 0 aliphatic heterocycles. The van der Waals surface area contributed by atoms with Gasteiger partial charge >= 0.3 is 0 Å². The molecule has 0 fully saturated rings. The lowest BCUT2D eigenvalue weighted by atomic mass is 10.0. The van der Waals surface area contributed by atoms with Gasteiger partial charge in [0.25, 0.3) is 0 Å². The first-order chi connectivity index (χ1) is 5.65. The van der Waals surface area contributed by atoms with E-state index in [4.69, 9.17) is 5.73 Å². The number of anilines is 1. The summed E-state index contributed by atoms with van der Waals surface area (Å²) in [7, 11) is 0. The normalized spacial score (nSPS) is 10.7. The van der Waals surface area contributed by atoms with Crippen LogP contribution >= 0.6 is 0 Å². The summed E-state index contributed by atoms with van der Waals surface area (Å²) >= 11 is 0. The summed E-state index contributed by atoms with van der Waals surface area (Å²) in [4.78, 5) is 4.29. The molecule has 2 N–H and O–H groups in total. The van der Waals surface area contributed by atoms with Crippen molar-refractivity contribution in [1.29, 1.82) is 0 Å². The van der Waals surface area contributed by atoms with E-state index >= 15 is 0 Å². The van der Waals surface area contributed by atoms with E-state index in [-0.39, 0.29) is 0 Å². The lowest BCUT2D eigenvalue weighted by molar-refractivity contribution is 0.852. The van der Waals surface area contributed by atoms with E-state index in [0.29, 0.717) is 5.92 Å². The van der Waals surface area contributed by atoms with Crippen LogP contribution in [0.3, 0.4) is 0 Å². The molecule has 0 bridgehead atoms. The van der Waals surface area contributed by atoms with E-state index in [9.17, 15) is 0 Å². The molecule has 0 radical (unpaired) electrons. The molecule has 1 aromatic heterocycles. The Labute approximate surface area is 73.8 Å². The lowest BCUT2D eigenvalue weighted by Crippen LogP contribution is -1.99. The van der Waals surface area contributed by atoms with Crippen LogP contribution in [0.25, 0.3) is 0 Å². The van der Waals surface area contributed by atoms with Gasteiger partial charge in [-0.2, -0.15) is 0 Å². The first kappa shape index (κ1) is 9.04. The Balaban J connectivity index is 3.02. The molecule has 0 aliphatic carbocycles. The number of rotatable bonds is 2. The first-order valence-electron chi connectivity index (χ1n) is 4.39. The van der Waals surface area contributed by atoms with Crippen molar-refractivity contribution in [1.82, 2.24) is 4.98 Å². The standard InChI is InChI=1S/C10H16N2/c1-4-10-9(11)5-8(6-12-10)7(2)3/h5-7H,4,11H2,1-3H3. The topological polar surface area (TPSA) is 38.9 Å². The van der Waals surface area contributed by atoms with Crippen molar-refractivity contribution in [3.8, 4) is 0 Å². The number of nitrogens with two attached hydrogens (primary N) is 1. The van der Waals surface area contributed by atoms with E-state index in [2.05, 4.69) is 25.8 Å². The van der Waals surface area contributed by atoms with Gasteiger partial charge in [0.05, 0.1) is 11.4 Å². The predicted molar refractivity (Wildman–Crippen MR) is 52.1 cm³/mol. The molecule has 0 aliphatic rings. The third-order valence-electron chi connectivity index (χ3n) is 2.03. The second-order valence-electron chi connectivity index (χ2n) is 3.31. The number of nitrogen functional groups attached to an aromatic ring is 1. The number of nitrogens with zero attached hydrogens (tertiary/aromatic N) is 1. The van der Waals surface area contributed by atoms with Crippen LogP contribution in [0.2, 0.25) is 0 Å². The van der Waals surface area contributed by atoms with Crippen molar-refractivity contribution in [3.63, 3.8) is 0 Å². The average Bonchev–Trinajstić information content (AvgIpc) is 2.04. The van der Waals surface area contributed by atoms with Crippen molar-refractivity contribution in [3.05, 3.63) is 23.5 Å². The molecule has 2 nitrogen and oxygen atoms in total. The fourth-order valence-corrected chi connectivity index (χ4v) is 1.14. The molecule has 1 heterocycles. The number of hydrogen-bond donors (Lipinski definition) is 1. The molecular formula is C10H16N2. The zero-order valence-corrected chi connectivity index (χ0v) is 7.96. The highest BCUT2D eigenvalue weighted by Gasteiger charge is 2.02. The highest BCUT2D eigenvalue weighted by atomic mass is 14.7. The Morgan fingerprint density at radius 1 is 1.50 bits per heavy atom. The zero-order valence-electron chi connectivity index (χ0n) is 7.96. The highest BCUT2D eigenvalue weighted by Crippen LogP contribution is 2.18. The van der Waals surface area contributed by atoms with Crippen molar-refractivity contribution in [2.45, 2.75) is 33.1 Å². The van der Waals surface area contributed by atoms with Gasteiger partial charge in [-0.05, 0) is 24.0 Å². The molecule has 0 spiro atoms. The SMILES string of the molecule is CCc1ncc(C(C)C)cc1N. The summed E-state index contributed by atoms with van der Waals surface area (Å²) in [6.07, 6.45) is 2.82. The molecule has 1 aromatic rings. The minimum Gasteiger partial charge on any atom is -0.397 e. The van der Waals surface area contributed by atoms with Crippen LogP contribution in [0.4, 0.5) is 5.69 Å². The number of aromatic nitrogens is 1. The molecule has 0 atom stereocenters. The second kappa shape index (κ2) is 3.57. The molecule has 2 heteroatoms. The quantitative estimate of drug-likeness (QED) is 0.728. The van der Waals surface area contributed by atoms with E-state index in [1.54, 1.807) is 0 Å². The summed E-state index contributed by atoms with van der Waals surface area (Å²) in [5.41, 5.74) is 8.84. The van der Waals surface area contributed by atoms with Crippen LogP contribution < -0.4 is 5.73 Å². The molecule has 0 aromatic carbocycles. The molecule has 1 rings (SSSR count). The van der Waals surface area contributed by atoms with Crippen LogP contribution in [0.5, 0.6) is 0 Å². The Morgan fingerprint density at radius 3 is 2.58 bits per heavy atom. The van der Waals surface area contributed by atoms with Crippen molar-refractivity contribution >= 4 is 5.69 Å². The van der Waals surface area contributed by atoms with Crippen LogP contribution in [-0.2, 0) is 6.42 Å². The van der Waals surface area contributed by atoms with E-state index in [1.807, 2.05) is 12.3 Å². The van der Waals surface area contributed by atoms with E-state index in [1.165, 1.54) is 5.56 Å². The third-order valence-corrected chi connectivity index (χ3v) is 2.03. The van der Waals surface area contributed by atoms with Gasteiger partial charge in [0.1, 0.15) is 0 Å². The highest BCUT2D eigenvalue weighted by molar-refractivity contribution is 5.45. The van der Waals surface area contributed by atoms with E-state index < -0.39 is 0 Å². The minimum atomic E-state index is 0.505. The summed E-state index contributed by atoms with van der Waals surface area (Å²) < 4.78 is 0. The third kappa shape index (κ3) is 1.76. The molecule has 12 heavy (non-hydrogen) atoms. The average molecular weight is 164 g/mol. The summed E-state index contributed by atoms with van der Waals surface area (Å²) in [5.74, 6) is 0.505. The van der Waals surface area contributed by atoms with Crippen LogP contribution in [0, 0.1) is 0 Å². The maximum absolute atomic E-state index is 5.81. The zero-order chi connectivity index (χ0) is 9.14. The van der Waals surface area contributed by atoms with Gasteiger partial charge in [-0.3, -0.25) is 4.98 Å². The van der Waals surface area contributed by atoms with Gasteiger partial charge in [-0.15, -0.1) is 0 Å². The maximum Gasteiger partial charge on any atom is 0.0630 e. The van der Waals surface area contributed by atoms with Gasteiger partial charge in [-0.25, -0.2) is 0 Å². The summed E-state index contributed by atoms with van der Waals surface area (Å²) in [6.45, 7) is 6.35. The van der Waals surface area contributed by atoms with Crippen molar-refractivity contribution < 1.29 is 0 Å². The predicted octanol–water partition coefficient (Wildman–Crippen LogP) is 2.35. The van der Waals surface area contributed by atoms with Crippen molar-refractivity contribution in [2.24, 2.45) is 0 Å². The largest absolute Gasteiger partial charge is 0.397 e. The first-order valence-corrected chi connectivity index (χ1v) is 4.39. The Kier molecular flexibility index (Phi) is 2.69. The lowest BCUT2D eigenvalue weighted by Gasteiger charge is -2.07. The Hall–Kier alpha value is -1.05. The molecule has 0 unspecified atom stereocenters. The van der Waals surface area contributed by atoms with Crippen LogP contribution in [0.1, 0.15) is 37.9 Å². The van der Waals surface area contributed by atoms with Crippen molar-refractivity contribution in [2.75, 3.05) is 5.73 Å². The molecule has 0 saturated heterocycles. The number of hydrogen-bond acceptors (Lipinski definition) is 2. The fourth-order valence-electron chi connectivity index (χ4n) is 1.14. The van der Waals surface area contributed by atoms with Crippen LogP contribution in [-0.4, -0.2) is 4.98 Å². The van der Waals surface area contributed by atoms with Gasteiger partial charge in [0.2, 0.25) is 0 Å². The van der Waals surface area contributed by atoms with Crippen LogP contribution in [0.15, 0.2) is 12.3 Å². The van der Waals surface area contributed by atoms with Gasteiger partial charge in [0.15, 0.2) is 0 Å². The molecule has 0 amide bonds. The summed E-state index contributed by atoms with van der Waals surface area (Å²) in [6, 6.07) is 2.02. The number of aryl methyl sites for hydroxylation is 1. The monoisotopic (exact) mass is 164 g/mol. The maximum atomic E-state index is 5.81. The number of pyridine rings is 1. The molecule has 66 valence electrons. The molecule has 0 saturated carbocycles. The Morgan fingerprint density at radius 2 is 2.17 bits per heavy atom. The van der Waals surface area contributed by atoms with Gasteiger partial charge in [-0.1, -0.05) is 20.8 Å². The second-order valence-corrected chi connectivity index (χ2v) is 3.31. The van der Waals surface area contributed by atoms with Gasteiger partial charge in [0, 0.05) is 6.20 Å².